The number of para-hydroxylation sites is 1. The highest BCUT2D eigenvalue weighted by molar-refractivity contribution is 6.33. The Balaban J connectivity index is 2.11. The second-order valence-electron chi connectivity index (χ2n) is 5.33. The van der Waals surface area contributed by atoms with Crippen molar-refractivity contribution >= 4 is 17.3 Å². The van der Waals surface area contributed by atoms with Gasteiger partial charge < -0.3 is 10.1 Å². The molecule has 1 aromatic carbocycles. The van der Waals surface area contributed by atoms with Crippen molar-refractivity contribution in [2.75, 3.05) is 25.1 Å². The van der Waals surface area contributed by atoms with Crippen LogP contribution in [0.15, 0.2) is 24.3 Å². The molecule has 96 valence electrons. The van der Waals surface area contributed by atoms with Crippen LogP contribution in [0.1, 0.15) is 27.2 Å². The number of hydrogen-bond acceptors (Lipinski definition) is 2. The number of nitrogens with one attached hydrogen (secondary N) is 1. The second-order valence-corrected chi connectivity index (χ2v) is 5.74. The van der Waals surface area contributed by atoms with E-state index in [9.17, 15) is 0 Å². The van der Waals surface area contributed by atoms with E-state index in [0.717, 1.165) is 30.3 Å². The Morgan fingerprint density at radius 1 is 1.18 bits per heavy atom. The lowest BCUT2D eigenvalue weighted by Crippen LogP contribution is -2.14. The monoisotopic (exact) mass is 255 g/mol. The lowest BCUT2D eigenvalue weighted by molar-refractivity contribution is 0.116. The third kappa shape index (κ3) is 6.54. The molecule has 1 N–H and O–H groups in total. The number of ether oxygens (including phenoxy) is 1. The van der Waals surface area contributed by atoms with Gasteiger partial charge in [-0.15, -0.1) is 0 Å². The minimum absolute atomic E-state index is 0.343. The van der Waals surface area contributed by atoms with Crippen molar-refractivity contribution in [2.45, 2.75) is 27.2 Å². The predicted molar refractivity (Wildman–Crippen MR) is 74.8 cm³/mol. The van der Waals surface area contributed by atoms with E-state index in [2.05, 4.69) is 26.1 Å². The van der Waals surface area contributed by atoms with Gasteiger partial charge in [0.05, 0.1) is 17.3 Å². The quantitative estimate of drug-likeness (QED) is 0.769. The maximum absolute atomic E-state index is 6.02. The molecule has 0 aliphatic carbocycles. The Hall–Kier alpha value is -0.730. The Bertz CT molecular complexity index is 333. The van der Waals surface area contributed by atoms with Gasteiger partial charge in [-0.05, 0) is 24.0 Å². The van der Waals surface area contributed by atoms with E-state index in [1.807, 2.05) is 24.3 Å². The van der Waals surface area contributed by atoms with E-state index in [1.54, 1.807) is 0 Å². The Kier molecular flexibility index (Phi) is 5.79. The molecule has 0 unspecified atom stereocenters. The van der Waals surface area contributed by atoms with E-state index in [-0.39, 0.29) is 0 Å². The predicted octanol–water partition coefficient (Wildman–Crippen LogP) is 4.20. The molecule has 0 heterocycles. The first-order valence-corrected chi connectivity index (χ1v) is 6.43. The fraction of sp³-hybridized carbons (Fsp3) is 0.571. The fourth-order valence-corrected chi connectivity index (χ4v) is 1.55. The van der Waals surface area contributed by atoms with E-state index in [4.69, 9.17) is 16.3 Å². The summed E-state index contributed by atoms with van der Waals surface area (Å²) in [7, 11) is 0. The number of hydrogen-bond donors (Lipinski definition) is 1. The van der Waals surface area contributed by atoms with Crippen molar-refractivity contribution in [1.82, 2.24) is 0 Å². The van der Waals surface area contributed by atoms with Gasteiger partial charge in [-0.1, -0.05) is 44.5 Å². The molecular formula is C14H22ClNO. The Morgan fingerprint density at radius 3 is 2.53 bits per heavy atom. The maximum Gasteiger partial charge on any atom is 0.0639 e. The van der Waals surface area contributed by atoms with Crippen LogP contribution in [0.25, 0.3) is 0 Å². The second kappa shape index (κ2) is 6.87. The van der Waals surface area contributed by atoms with Gasteiger partial charge in [0, 0.05) is 13.2 Å². The molecule has 0 saturated carbocycles. The summed E-state index contributed by atoms with van der Waals surface area (Å²) < 4.78 is 5.57. The molecule has 2 nitrogen and oxygen atoms in total. The molecule has 0 radical (unpaired) electrons. The van der Waals surface area contributed by atoms with Crippen LogP contribution in [-0.4, -0.2) is 19.8 Å². The first-order chi connectivity index (χ1) is 7.99. The summed E-state index contributed by atoms with van der Waals surface area (Å²) >= 11 is 6.02. The van der Waals surface area contributed by atoms with Crippen LogP contribution in [-0.2, 0) is 4.74 Å². The normalized spacial score (nSPS) is 11.5. The highest BCUT2D eigenvalue weighted by Crippen LogP contribution is 2.20. The van der Waals surface area contributed by atoms with Crippen molar-refractivity contribution < 1.29 is 4.74 Å². The number of halogens is 1. The highest BCUT2D eigenvalue weighted by atomic mass is 35.5. The number of benzene rings is 1. The Labute approximate surface area is 109 Å². The van der Waals surface area contributed by atoms with Gasteiger partial charge in [0.2, 0.25) is 0 Å². The summed E-state index contributed by atoms with van der Waals surface area (Å²) in [5, 5.41) is 4.01. The molecular weight excluding hydrogens is 234 g/mol. The van der Waals surface area contributed by atoms with E-state index < -0.39 is 0 Å². The zero-order valence-corrected chi connectivity index (χ0v) is 11.7. The topological polar surface area (TPSA) is 21.3 Å². The van der Waals surface area contributed by atoms with Crippen molar-refractivity contribution in [1.29, 1.82) is 0 Å². The van der Waals surface area contributed by atoms with Crippen LogP contribution in [0.5, 0.6) is 0 Å². The van der Waals surface area contributed by atoms with E-state index in [0.29, 0.717) is 12.0 Å². The summed E-state index contributed by atoms with van der Waals surface area (Å²) in [5.74, 6) is 0. The van der Waals surface area contributed by atoms with Crippen LogP contribution in [0, 0.1) is 5.41 Å². The van der Waals surface area contributed by atoms with Gasteiger partial charge in [0.1, 0.15) is 0 Å². The zero-order chi connectivity index (χ0) is 12.7. The summed E-state index contributed by atoms with van der Waals surface area (Å²) in [6, 6.07) is 7.74. The molecule has 0 aliphatic rings. The zero-order valence-electron chi connectivity index (χ0n) is 10.9. The highest BCUT2D eigenvalue weighted by Gasteiger charge is 2.08. The third-order valence-electron chi connectivity index (χ3n) is 2.43. The van der Waals surface area contributed by atoms with Gasteiger partial charge >= 0.3 is 0 Å². The molecule has 0 atom stereocenters. The van der Waals surface area contributed by atoms with Gasteiger partial charge in [0.15, 0.2) is 0 Å². The lowest BCUT2D eigenvalue weighted by atomic mass is 9.93. The summed E-state index contributed by atoms with van der Waals surface area (Å²) in [6.07, 6.45) is 1.08. The summed E-state index contributed by atoms with van der Waals surface area (Å²) in [4.78, 5) is 0. The molecule has 0 spiro atoms. The van der Waals surface area contributed by atoms with Crippen molar-refractivity contribution in [3.63, 3.8) is 0 Å². The average molecular weight is 256 g/mol. The molecule has 0 saturated heterocycles. The SMILES string of the molecule is CC(C)(C)CCOCCNc1ccccc1Cl. The number of anilines is 1. The molecule has 3 heteroatoms. The van der Waals surface area contributed by atoms with Gasteiger partial charge in [-0.3, -0.25) is 0 Å². The van der Waals surface area contributed by atoms with Gasteiger partial charge in [0.25, 0.3) is 0 Å². The fourth-order valence-electron chi connectivity index (χ4n) is 1.34. The van der Waals surface area contributed by atoms with Crippen molar-refractivity contribution in [3.8, 4) is 0 Å². The molecule has 0 aromatic heterocycles. The molecule has 1 aromatic rings. The summed E-state index contributed by atoms with van der Waals surface area (Å²) in [6.45, 7) is 8.97. The third-order valence-corrected chi connectivity index (χ3v) is 2.76. The Morgan fingerprint density at radius 2 is 1.88 bits per heavy atom. The first-order valence-electron chi connectivity index (χ1n) is 6.05. The van der Waals surface area contributed by atoms with Crippen LogP contribution in [0.4, 0.5) is 5.69 Å². The first kappa shape index (κ1) is 14.3. The molecule has 0 bridgehead atoms. The molecule has 17 heavy (non-hydrogen) atoms. The van der Waals surface area contributed by atoms with E-state index in [1.165, 1.54) is 0 Å². The lowest BCUT2D eigenvalue weighted by Gasteiger charge is -2.17. The number of rotatable bonds is 6. The minimum Gasteiger partial charge on any atom is -0.382 e. The van der Waals surface area contributed by atoms with Crippen molar-refractivity contribution in [2.24, 2.45) is 5.41 Å². The van der Waals surface area contributed by atoms with Crippen LogP contribution >= 0.6 is 11.6 Å². The maximum atomic E-state index is 6.02. The molecule has 1 rings (SSSR count). The van der Waals surface area contributed by atoms with Crippen molar-refractivity contribution in [3.05, 3.63) is 29.3 Å². The van der Waals surface area contributed by atoms with Gasteiger partial charge in [-0.2, -0.15) is 0 Å². The van der Waals surface area contributed by atoms with Gasteiger partial charge in [-0.25, -0.2) is 0 Å². The molecule has 0 fully saturated rings. The standard InChI is InChI=1S/C14H22ClNO/c1-14(2,3)8-10-17-11-9-16-13-7-5-4-6-12(13)15/h4-7,16H,8-11H2,1-3H3. The largest absolute Gasteiger partial charge is 0.382 e. The van der Waals surface area contributed by atoms with E-state index >= 15 is 0 Å². The van der Waals surface area contributed by atoms with Crippen LogP contribution in [0.3, 0.4) is 0 Å². The smallest absolute Gasteiger partial charge is 0.0639 e. The molecule has 0 aliphatic heterocycles. The summed E-state index contributed by atoms with van der Waals surface area (Å²) in [5.41, 5.74) is 1.31. The van der Waals surface area contributed by atoms with Crippen LogP contribution < -0.4 is 5.32 Å². The molecule has 0 amide bonds. The minimum atomic E-state index is 0.343. The van der Waals surface area contributed by atoms with Crippen LogP contribution in [0.2, 0.25) is 5.02 Å². The average Bonchev–Trinajstić information content (AvgIpc) is 2.24.